The van der Waals surface area contributed by atoms with Crippen molar-refractivity contribution in [3.63, 3.8) is 0 Å². The Morgan fingerprint density at radius 2 is 1.67 bits per heavy atom. The largest absolute Gasteiger partial charge is 0.377 e. The first-order chi connectivity index (χ1) is 16.2. The van der Waals surface area contributed by atoms with Gasteiger partial charge in [0.1, 0.15) is 5.82 Å². The van der Waals surface area contributed by atoms with E-state index in [4.69, 9.17) is 24.4 Å². The summed E-state index contributed by atoms with van der Waals surface area (Å²) in [4.78, 5) is 22.9. The third-order valence-corrected chi connectivity index (χ3v) is 6.64. The van der Waals surface area contributed by atoms with Gasteiger partial charge in [-0.15, -0.1) is 0 Å². The van der Waals surface area contributed by atoms with Crippen molar-refractivity contribution in [2.45, 2.75) is 25.9 Å². The molecule has 6 rings (SSSR count). The van der Waals surface area contributed by atoms with Gasteiger partial charge in [-0.2, -0.15) is 9.97 Å². The molecule has 0 aliphatic carbocycles. The molecule has 0 amide bonds. The van der Waals surface area contributed by atoms with Crippen LogP contribution in [0.1, 0.15) is 13.8 Å². The first kappa shape index (κ1) is 20.4. The molecular formula is C25H28N6O2. The summed E-state index contributed by atoms with van der Waals surface area (Å²) in [5.74, 6) is 1.65. The minimum Gasteiger partial charge on any atom is -0.377 e. The zero-order chi connectivity index (χ0) is 22.4. The van der Waals surface area contributed by atoms with Gasteiger partial charge in [0.05, 0.1) is 49.6 Å². The summed E-state index contributed by atoms with van der Waals surface area (Å²) in [5, 5.41) is 2.14. The van der Waals surface area contributed by atoms with Crippen LogP contribution in [0.2, 0.25) is 0 Å². The van der Waals surface area contributed by atoms with Gasteiger partial charge in [-0.1, -0.05) is 6.07 Å². The lowest BCUT2D eigenvalue weighted by Gasteiger charge is -2.37. The molecule has 1 aromatic carbocycles. The fourth-order valence-electron chi connectivity index (χ4n) is 4.77. The van der Waals surface area contributed by atoms with Gasteiger partial charge in [0, 0.05) is 35.8 Å². The topological polar surface area (TPSA) is 79.4 Å². The van der Waals surface area contributed by atoms with Crippen molar-refractivity contribution >= 4 is 33.7 Å². The highest BCUT2D eigenvalue weighted by Crippen LogP contribution is 2.31. The molecule has 2 saturated heterocycles. The number of aromatic amines is 1. The monoisotopic (exact) mass is 444 g/mol. The van der Waals surface area contributed by atoms with Crippen molar-refractivity contribution in [2.24, 2.45) is 0 Å². The van der Waals surface area contributed by atoms with Gasteiger partial charge in [-0.25, -0.2) is 4.98 Å². The smallest absolute Gasteiger partial charge is 0.229 e. The number of morpholine rings is 2. The minimum atomic E-state index is 0.213. The Morgan fingerprint density at radius 3 is 2.45 bits per heavy atom. The molecule has 4 aromatic rings. The molecule has 2 aliphatic rings. The van der Waals surface area contributed by atoms with Crippen LogP contribution < -0.4 is 9.80 Å². The van der Waals surface area contributed by atoms with E-state index >= 15 is 0 Å². The lowest BCUT2D eigenvalue weighted by molar-refractivity contribution is 0.0973. The number of aromatic nitrogens is 4. The average molecular weight is 445 g/mol. The van der Waals surface area contributed by atoms with Crippen molar-refractivity contribution in [3.8, 4) is 11.3 Å². The van der Waals surface area contributed by atoms with Gasteiger partial charge < -0.3 is 24.3 Å². The van der Waals surface area contributed by atoms with Crippen molar-refractivity contribution in [2.75, 3.05) is 49.3 Å². The number of pyridine rings is 1. The quantitative estimate of drug-likeness (QED) is 0.517. The molecule has 1 N–H and O–H groups in total. The number of ether oxygens (including phenoxy) is 2. The van der Waals surface area contributed by atoms with E-state index in [2.05, 4.69) is 65.0 Å². The summed E-state index contributed by atoms with van der Waals surface area (Å²) < 4.78 is 11.3. The normalized spacial score (nSPS) is 21.8. The molecule has 0 spiro atoms. The molecule has 0 saturated carbocycles. The number of anilines is 2. The zero-order valence-corrected chi connectivity index (χ0v) is 19.0. The van der Waals surface area contributed by atoms with Crippen LogP contribution in [0.4, 0.5) is 11.8 Å². The molecule has 2 aliphatic heterocycles. The first-order valence-electron chi connectivity index (χ1n) is 11.6. The third kappa shape index (κ3) is 3.69. The molecular weight excluding hydrogens is 416 g/mol. The molecule has 0 bridgehead atoms. The molecule has 3 aromatic heterocycles. The lowest BCUT2D eigenvalue weighted by atomic mass is 10.1. The van der Waals surface area contributed by atoms with Gasteiger partial charge in [-0.05, 0) is 44.2 Å². The fourth-order valence-corrected chi connectivity index (χ4v) is 4.77. The molecule has 8 heteroatoms. The third-order valence-electron chi connectivity index (χ3n) is 6.64. The second-order valence-electron chi connectivity index (χ2n) is 8.93. The zero-order valence-electron chi connectivity index (χ0n) is 19.0. The highest BCUT2D eigenvalue weighted by molar-refractivity contribution is 5.91. The first-order valence-corrected chi connectivity index (χ1v) is 11.6. The van der Waals surface area contributed by atoms with Gasteiger partial charge in [0.2, 0.25) is 5.95 Å². The van der Waals surface area contributed by atoms with E-state index in [0.717, 1.165) is 52.7 Å². The van der Waals surface area contributed by atoms with E-state index in [0.29, 0.717) is 26.4 Å². The van der Waals surface area contributed by atoms with E-state index in [1.807, 2.05) is 6.20 Å². The highest BCUT2D eigenvalue weighted by Gasteiger charge is 2.27. The number of nitrogens with zero attached hydrogens (tertiary/aromatic N) is 5. The molecule has 5 heterocycles. The summed E-state index contributed by atoms with van der Waals surface area (Å²) in [7, 11) is 0. The maximum absolute atomic E-state index is 5.68. The summed E-state index contributed by atoms with van der Waals surface area (Å²) in [6, 6.07) is 13.1. The number of fused-ring (bicyclic) bond motifs is 2. The Hall–Kier alpha value is -3.23. The summed E-state index contributed by atoms with van der Waals surface area (Å²) in [6.07, 6.45) is 1.96. The predicted molar refractivity (Wildman–Crippen MR) is 130 cm³/mol. The molecule has 0 unspecified atom stereocenters. The van der Waals surface area contributed by atoms with Gasteiger partial charge in [0.15, 0.2) is 5.65 Å². The number of hydrogen-bond donors (Lipinski definition) is 1. The number of benzene rings is 1. The van der Waals surface area contributed by atoms with E-state index in [1.165, 1.54) is 5.39 Å². The maximum atomic E-state index is 5.68. The molecule has 33 heavy (non-hydrogen) atoms. The van der Waals surface area contributed by atoms with Gasteiger partial charge >= 0.3 is 0 Å². The van der Waals surface area contributed by atoms with E-state index in [1.54, 1.807) is 0 Å². The van der Waals surface area contributed by atoms with Crippen LogP contribution in [0.3, 0.4) is 0 Å². The van der Waals surface area contributed by atoms with Crippen molar-refractivity contribution in [1.82, 2.24) is 19.9 Å². The Bertz CT molecular complexity index is 1300. The van der Waals surface area contributed by atoms with Crippen molar-refractivity contribution in [3.05, 3.63) is 42.6 Å². The maximum Gasteiger partial charge on any atom is 0.229 e. The Balaban J connectivity index is 1.50. The molecule has 170 valence electrons. The number of H-pyrrole nitrogens is 1. The Morgan fingerprint density at radius 1 is 0.879 bits per heavy atom. The van der Waals surface area contributed by atoms with Crippen LogP contribution in [0.15, 0.2) is 42.6 Å². The van der Waals surface area contributed by atoms with Crippen molar-refractivity contribution < 1.29 is 9.47 Å². The molecule has 0 radical (unpaired) electrons. The van der Waals surface area contributed by atoms with Crippen LogP contribution in [0.5, 0.6) is 0 Å². The Kier molecular flexibility index (Phi) is 5.11. The second-order valence-corrected chi connectivity index (χ2v) is 8.93. The summed E-state index contributed by atoms with van der Waals surface area (Å²) in [6.45, 7) is 8.65. The summed E-state index contributed by atoms with van der Waals surface area (Å²) >= 11 is 0. The lowest BCUT2D eigenvalue weighted by Crippen LogP contribution is -2.46. The molecule has 2 fully saturated rings. The second kappa shape index (κ2) is 8.28. The van der Waals surface area contributed by atoms with Crippen LogP contribution in [-0.2, 0) is 9.47 Å². The average Bonchev–Trinajstić information content (AvgIpc) is 3.32. The van der Waals surface area contributed by atoms with Crippen molar-refractivity contribution in [1.29, 1.82) is 0 Å². The summed E-state index contributed by atoms with van der Waals surface area (Å²) in [5.41, 5.74) is 3.82. The SMILES string of the molecule is C[C@H]1COCCN1c1nc(N2CCOC[C@@H]2C)c2ccc(-c3ccc4[nH]ccc4c3)nc2n1. The van der Waals surface area contributed by atoms with E-state index in [-0.39, 0.29) is 12.1 Å². The van der Waals surface area contributed by atoms with E-state index < -0.39 is 0 Å². The highest BCUT2D eigenvalue weighted by atomic mass is 16.5. The number of rotatable bonds is 3. The molecule has 2 atom stereocenters. The van der Waals surface area contributed by atoms with Crippen LogP contribution in [0.25, 0.3) is 33.2 Å². The fraction of sp³-hybridized carbons (Fsp3) is 0.400. The standard InChI is InChI=1S/C25H28N6O2/c1-16-14-32-11-9-30(16)24-20-4-6-22(18-3-5-21-19(13-18)7-8-26-21)27-23(20)28-25(29-24)31-10-12-33-15-17(31)2/h3-8,13,16-17,26H,9-12,14-15H2,1-2H3/t16-,17-/m0/s1. The van der Waals surface area contributed by atoms with Crippen LogP contribution in [-0.4, -0.2) is 71.5 Å². The van der Waals surface area contributed by atoms with E-state index in [9.17, 15) is 0 Å². The minimum absolute atomic E-state index is 0.213. The van der Waals surface area contributed by atoms with Crippen LogP contribution in [0, 0.1) is 0 Å². The number of hydrogen-bond acceptors (Lipinski definition) is 7. The number of nitrogens with one attached hydrogen (secondary N) is 1. The van der Waals surface area contributed by atoms with Crippen LogP contribution >= 0.6 is 0 Å². The predicted octanol–water partition coefficient (Wildman–Crippen LogP) is 3.62. The van der Waals surface area contributed by atoms with Gasteiger partial charge in [-0.3, -0.25) is 0 Å². The molecule has 8 nitrogen and oxygen atoms in total. The van der Waals surface area contributed by atoms with Gasteiger partial charge in [0.25, 0.3) is 0 Å². The Labute approximate surface area is 192 Å².